The molecular weight excluding hydrogens is 805 g/mol. The Bertz CT molecular complexity index is 1010. The van der Waals surface area contributed by atoms with Gasteiger partial charge in [0.2, 0.25) is 0 Å². The molecule has 0 aliphatic rings. The van der Waals surface area contributed by atoms with Crippen molar-refractivity contribution in [1.29, 1.82) is 0 Å². The molecule has 0 aromatic rings. The average molecular weight is 920 g/mol. The molecule has 0 N–H and O–H groups in total. The highest BCUT2D eigenvalue weighted by Gasteiger charge is 2.19. The smallest absolute Gasteiger partial charge is 0.306 e. The fraction of sp³-hybridized carbons (Fsp3) is 0.949. The molecule has 0 fully saturated rings. The lowest BCUT2D eigenvalue weighted by Crippen LogP contribution is -2.30. The van der Waals surface area contributed by atoms with Crippen LogP contribution in [-0.4, -0.2) is 37.2 Å². The van der Waals surface area contributed by atoms with Crippen molar-refractivity contribution < 1.29 is 28.6 Å². The van der Waals surface area contributed by atoms with Gasteiger partial charge in [0.1, 0.15) is 13.2 Å². The molecule has 1 atom stereocenters. The second-order valence-corrected chi connectivity index (χ2v) is 21.7. The van der Waals surface area contributed by atoms with E-state index >= 15 is 0 Å². The largest absolute Gasteiger partial charge is 0.462 e. The van der Waals surface area contributed by atoms with E-state index in [4.69, 9.17) is 14.2 Å². The molecule has 6 heteroatoms. The van der Waals surface area contributed by atoms with Gasteiger partial charge in [-0.3, -0.25) is 14.4 Å². The van der Waals surface area contributed by atoms with Gasteiger partial charge in [-0.2, -0.15) is 0 Å². The van der Waals surface area contributed by atoms with Crippen molar-refractivity contribution in [2.45, 2.75) is 330 Å². The molecule has 0 rings (SSSR count). The lowest BCUT2D eigenvalue weighted by molar-refractivity contribution is -0.167. The van der Waals surface area contributed by atoms with Gasteiger partial charge in [-0.05, 0) is 37.0 Å². The predicted molar refractivity (Wildman–Crippen MR) is 279 cm³/mol. The van der Waals surface area contributed by atoms with Crippen LogP contribution in [0.2, 0.25) is 0 Å². The van der Waals surface area contributed by atoms with Crippen LogP contribution >= 0.6 is 0 Å². The predicted octanol–water partition coefficient (Wildman–Crippen LogP) is 19.1. The Kier molecular flexibility index (Phi) is 49.1. The Morgan fingerprint density at radius 1 is 0.262 bits per heavy atom. The number of hydrogen-bond donors (Lipinski definition) is 0. The van der Waals surface area contributed by atoms with Crippen LogP contribution in [-0.2, 0) is 28.6 Å². The molecule has 0 bridgehead atoms. The molecule has 0 heterocycles. The third kappa shape index (κ3) is 53.2. The van der Waals surface area contributed by atoms with Gasteiger partial charge in [0, 0.05) is 19.3 Å². The molecule has 386 valence electrons. The molecule has 0 aromatic carbocycles. The number of unbranched alkanes of at least 4 members (excludes halogenated alkanes) is 35. The molecule has 0 saturated carbocycles. The van der Waals surface area contributed by atoms with Crippen molar-refractivity contribution in [2.24, 2.45) is 17.8 Å². The summed E-state index contributed by atoms with van der Waals surface area (Å²) >= 11 is 0. The molecule has 0 radical (unpaired) electrons. The van der Waals surface area contributed by atoms with Crippen molar-refractivity contribution in [3.05, 3.63) is 0 Å². The van der Waals surface area contributed by atoms with Crippen LogP contribution in [0.25, 0.3) is 0 Å². The number of carbonyl (C=O) groups is 3. The SMILES string of the molecule is CC(C)CCCCCCCCCCCCCCCCCC(=O)OC[C@@H](COC(=O)CCCCCCCCCCCCCCC(C)C)OC(=O)CCCCCCCCCCCCCC(C)C. The molecule has 0 unspecified atom stereocenters. The van der Waals surface area contributed by atoms with Crippen molar-refractivity contribution in [3.63, 3.8) is 0 Å². The maximum absolute atomic E-state index is 12.8. The fourth-order valence-corrected chi connectivity index (χ4v) is 9.00. The van der Waals surface area contributed by atoms with Gasteiger partial charge < -0.3 is 14.2 Å². The van der Waals surface area contributed by atoms with E-state index in [2.05, 4.69) is 41.5 Å². The number of hydrogen-bond acceptors (Lipinski definition) is 6. The Labute approximate surface area is 406 Å². The number of rotatable bonds is 52. The van der Waals surface area contributed by atoms with Gasteiger partial charge in [0.25, 0.3) is 0 Å². The van der Waals surface area contributed by atoms with Crippen LogP contribution in [0.3, 0.4) is 0 Å². The molecule has 0 saturated heterocycles. The summed E-state index contributed by atoms with van der Waals surface area (Å²) in [7, 11) is 0. The normalized spacial score (nSPS) is 12.1. The van der Waals surface area contributed by atoms with E-state index < -0.39 is 6.10 Å². The Hall–Kier alpha value is -1.59. The molecule has 0 amide bonds. The first-order valence-electron chi connectivity index (χ1n) is 29.1. The quantitative estimate of drug-likeness (QED) is 0.0344. The van der Waals surface area contributed by atoms with Crippen LogP contribution in [0.4, 0.5) is 0 Å². The van der Waals surface area contributed by atoms with Gasteiger partial charge >= 0.3 is 17.9 Å². The van der Waals surface area contributed by atoms with Crippen LogP contribution in [0.1, 0.15) is 324 Å². The first-order chi connectivity index (χ1) is 31.6. The van der Waals surface area contributed by atoms with Crippen LogP contribution in [0.5, 0.6) is 0 Å². The first-order valence-corrected chi connectivity index (χ1v) is 29.1. The van der Waals surface area contributed by atoms with E-state index in [0.717, 1.165) is 75.5 Å². The molecule has 65 heavy (non-hydrogen) atoms. The minimum Gasteiger partial charge on any atom is -0.462 e. The molecule has 6 nitrogen and oxygen atoms in total. The van der Waals surface area contributed by atoms with E-state index in [9.17, 15) is 14.4 Å². The minimum atomic E-state index is -0.764. The maximum Gasteiger partial charge on any atom is 0.306 e. The summed E-state index contributed by atoms with van der Waals surface area (Å²) in [6, 6.07) is 0. The van der Waals surface area contributed by atoms with Gasteiger partial charge in [0.15, 0.2) is 6.10 Å². The third-order valence-electron chi connectivity index (χ3n) is 13.4. The summed E-state index contributed by atoms with van der Waals surface area (Å²) in [6.07, 6.45) is 52.4. The molecule has 0 aliphatic heterocycles. The summed E-state index contributed by atoms with van der Waals surface area (Å²) < 4.78 is 16.9. The lowest BCUT2D eigenvalue weighted by Gasteiger charge is -2.18. The second kappa shape index (κ2) is 50.3. The van der Waals surface area contributed by atoms with Gasteiger partial charge in [0.05, 0.1) is 0 Å². The summed E-state index contributed by atoms with van der Waals surface area (Å²) in [5, 5.41) is 0. The van der Waals surface area contributed by atoms with E-state index in [1.165, 1.54) is 205 Å². The summed E-state index contributed by atoms with van der Waals surface area (Å²) in [4.78, 5) is 38.1. The number of esters is 3. The van der Waals surface area contributed by atoms with Crippen molar-refractivity contribution in [2.75, 3.05) is 13.2 Å². The molecule has 0 spiro atoms. The molecular formula is C59H114O6. The zero-order valence-corrected chi connectivity index (χ0v) is 44.8. The zero-order chi connectivity index (χ0) is 47.7. The fourth-order valence-electron chi connectivity index (χ4n) is 9.00. The average Bonchev–Trinajstić information content (AvgIpc) is 3.26. The highest BCUT2D eigenvalue weighted by atomic mass is 16.6. The summed E-state index contributed by atoms with van der Waals surface area (Å²) in [5.74, 6) is 1.66. The highest BCUT2D eigenvalue weighted by Crippen LogP contribution is 2.18. The van der Waals surface area contributed by atoms with Crippen LogP contribution in [0, 0.1) is 17.8 Å². The highest BCUT2D eigenvalue weighted by molar-refractivity contribution is 5.71. The Morgan fingerprint density at radius 3 is 0.662 bits per heavy atom. The van der Waals surface area contributed by atoms with Crippen molar-refractivity contribution >= 4 is 17.9 Å². The zero-order valence-electron chi connectivity index (χ0n) is 44.8. The van der Waals surface area contributed by atoms with Gasteiger partial charge in [-0.15, -0.1) is 0 Å². The van der Waals surface area contributed by atoms with Crippen LogP contribution < -0.4 is 0 Å². The van der Waals surface area contributed by atoms with Crippen molar-refractivity contribution in [3.8, 4) is 0 Å². The number of carbonyl (C=O) groups excluding carboxylic acids is 3. The first kappa shape index (κ1) is 63.4. The van der Waals surface area contributed by atoms with Gasteiger partial charge in [-0.1, -0.05) is 286 Å². The van der Waals surface area contributed by atoms with Crippen LogP contribution in [0.15, 0.2) is 0 Å². The van der Waals surface area contributed by atoms with E-state index in [1.54, 1.807) is 0 Å². The Balaban J connectivity index is 4.29. The summed E-state index contributed by atoms with van der Waals surface area (Å²) in [5.41, 5.74) is 0. The van der Waals surface area contributed by atoms with E-state index in [-0.39, 0.29) is 31.1 Å². The third-order valence-corrected chi connectivity index (χ3v) is 13.4. The molecule has 0 aliphatic carbocycles. The minimum absolute atomic E-state index is 0.0635. The van der Waals surface area contributed by atoms with E-state index in [1.807, 2.05) is 0 Å². The Morgan fingerprint density at radius 2 is 0.446 bits per heavy atom. The summed E-state index contributed by atoms with van der Waals surface area (Å²) in [6.45, 7) is 13.8. The topological polar surface area (TPSA) is 78.9 Å². The lowest BCUT2D eigenvalue weighted by atomic mass is 10.0. The second-order valence-electron chi connectivity index (χ2n) is 21.7. The van der Waals surface area contributed by atoms with Crippen molar-refractivity contribution in [1.82, 2.24) is 0 Å². The van der Waals surface area contributed by atoms with Gasteiger partial charge in [-0.25, -0.2) is 0 Å². The standard InChI is InChI=1S/C59H114O6/c1-53(2)45-39-33-27-21-15-10-8-7-9-11-18-24-30-36-42-48-57(60)63-51-56(65-59(62)50-44-38-32-26-20-14-17-23-29-35-41-47-55(5)6)52-64-58(61)49-43-37-31-25-19-13-12-16-22-28-34-40-46-54(3)4/h53-56H,7-52H2,1-6H3/t56-/m0/s1. The van der Waals surface area contributed by atoms with E-state index in [0.29, 0.717) is 19.3 Å². The number of ether oxygens (including phenoxy) is 3. The monoisotopic (exact) mass is 919 g/mol. The maximum atomic E-state index is 12.8. The molecule has 0 aromatic heterocycles.